The number of hydrogen-bond acceptors (Lipinski definition) is 6. The van der Waals surface area contributed by atoms with Crippen molar-refractivity contribution in [1.82, 2.24) is 19.1 Å². The van der Waals surface area contributed by atoms with Gasteiger partial charge in [-0.3, -0.25) is 13.9 Å². The quantitative estimate of drug-likeness (QED) is 0.529. The average Bonchev–Trinajstić information content (AvgIpc) is 3.36. The molecule has 1 saturated heterocycles. The summed E-state index contributed by atoms with van der Waals surface area (Å²) in [5.74, 6) is 0. The highest BCUT2D eigenvalue weighted by atomic mass is 16.5. The van der Waals surface area contributed by atoms with Crippen LogP contribution in [0.15, 0.2) is 52.4 Å². The molecule has 0 saturated carbocycles. The Morgan fingerprint density at radius 2 is 1.79 bits per heavy atom. The molecule has 0 radical (unpaired) electrons. The highest BCUT2D eigenvalue weighted by Gasteiger charge is 2.35. The number of ether oxygens (including phenoxy) is 1. The van der Waals surface area contributed by atoms with Gasteiger partial charge in [-0.25, -0.2) is 9.97 Å². The maximum absolute atomic E-state index is 12.9. The van der Waals surface area contributed by atoms with Crippen molar-refractivity contribution in [2.24, 2.45) is 0 Å². The molecule has 8 heteroatoms. The fourth-order valence-electron chi connectivity index (χ4n) is 3.93. The standard InChI is InChI=1S/C25H36N4O4/c1-17(2)7-5-8-18(3)9-6-10-19(4)11-12-28-15-27-24-23(25(28)32)26-16-29(24)22-13-20(31)21(14-30)33-22/h7,9,11,15-16,20-22,30-31H,5-6,8,10,12-14H2,1-4H3/t20-,21+,22+/m0/s1. The Morgan fingerprint density at radius 3 is 2.45 bits per heavy atom. The van der Waals surface area contributed by atoms with Gasteiger partial charge in [-0.15, -0.1) is 0 Å². The van der Waals surface area contributed by atoms with E-state index in [0.29, 0.717) is 18.6 Å². The third-order valence-corrected chi connectivity index (χ3v) is 6.00. The summed E-state index contributed by atoms with van der Waals surface area (Å²) in [4.78, 5) is 21.5. The van der Waals surface area contributed by atoms with Gasteiger partial charge in [-0.05, 0) is 53.4 Å². The second-order valence-electron chi connectivity index (χ2n) is 9.10. The van der Waals surface area contributed by atoms with Crippen molar-refractivity contribution in [3.8, 4) is 0 Å². The van der Waals surface area contributed by atoms with Crippen LogP contribution in [0.4, 0.5) is 0 Å². The number of aliphatic hydroxyl groups is 2. The Hall–Kier alpha value is -2.55. The lowest BCUT2D eigenvalue weighted by Gasteiger charge is -2.13. The molecule has 3 rings (SSSR count). The Labute approximate surface area is 194 Å². The minimum Gasteiger partial charge on any atom is -0.394 e. The van der Waals surface area contributed by atoms with Gasteiger partial charge in [0.1, 0.15) is 18.7 Å². The summed E-state index contributed by atoms with van der Waals surface area (Å²) in [7, 11) is 0. The van der Waals surface area contributed by atoms with Gasteiger partial charge in [0.25, 0.3) is 5.56 Å². The van der Waals surface area contributed by atoms with Gasteiger partial charge in [0, 0.05) is 13.0 Å². The summed E-state index contributed by atoms with van der Waals surface area (Å²) >= 11 is 0. The number of imidazole rings is 1. The lowest BCUT2D eigenvalue weighted by molar-refractivity contribution is -0.0432. The van der Waals surface area contributed by atoms with E-state index in [1.165, 1.54) is 29.4 Å². The number of fused-ring (bicyclic) bond motifs is 1. The molecule has 1 fully saturated rings. The molecule has 0 aliphatic carbocycles. The molecule has 3 atom stereocenters. The number of allylic oxidation sites excluding steroid dienone is 6. The Kier molecular flexibility index (Phi) is 8.77. The van der Waals surface area contributed by atoms with E-state index in [-0.39, 0.29) is 17.7 Å². The fourth-order valence-corrected chi connectivity index (χ4v) is 3.93. The van der Waals surface area contributed by atoms with Crippen LogP contribution < -0.4 is 5.56 Å². The van der Waals surface area contributed by atoms with Crippen LogP contribution >= 0.6 is 0 Å². The van der Waals surface area contributed by atoms with E-state index in [4.69, 9.17) is 4.74 Å². The Morgan fingerprint density at radius 1 is 1.09 bits per heavy atom. The second kappa shape index (κ2) is 11.5. The van der Waals surface area contributed by atoms with Crippen molar-refractivity contribution < 1.29 is 14.9 Å². The van der Waals surface area contributed by atoms with E-state index in [9.17, 15) is 15.0 Å². The molecule has 180 valence electrons. The van der Waals surface area contributed by atoms with E-state index in [2.05, 4.69) is 55.9 Å². The molecule has 2 aromatic rings. The van der Waals surface area contributed by atoms with E-state index >= 15 is 0 Å². The van der Waals surface area contributed by atoms with E-state index in [1.54, 1.807) is 9.13 Å². The molecule has 0 aromatic carbocycles. The van der Waals surface area contributed by atoms with Gasteiger partial charge in [0.15, 0.2) is 11.2 Å². The van der Waals surface area contributed by atoms with Crippen molar-refractivity contribution in [3.05, 3.63) is 58.0 Å². The van der Waals surface area contributed by atoms with E-state index in [0.717, 1.165) is 25.7 Å². The second-order valence-corrected chi connectivity index (χ2v) is 9.10. The monoisotopic (exact) mass is 456 g/mol. The summed E-state index contributed by atoms with van der Waals surface area (Å²) in [5.41, 5.74) is 4.47. The van der Waals surface area contributed by atoms with Crippen molar-refractivity contribution >= 4 is 11.2 Å². The van der Waals surface area contributed by atoms with Gasteiger partial charge < -0.3 is 14.9 Å². The molecule has 8 nitrogen and oxygen atoms in total. The first-order valence-corrected chi connectivity index (χ1v) is 11.6. The van der Waals surface area contributed by atoms with Crippen LogP contribution in [0, 0.1) is 0 Å². The molecule has 0 unspecified atom stereocenters. The Bertz CT molecular complexity index is 1090. The van der Waals surface area contributed by atoms with Crippen LogP contribution in [-0.4, -0.2) is 48.1 Å². The summed E-state index contributed by atoms with van der Waals surface area (Å²) in [6.45, 7) is 8.69. The smallest absolute Gasteiger partial charge is 0.281 e. The predicted octanol–water partition coefficient (Wildman–Crippen LogP) is 3.65. The predicted molar refractivity (Wildman–Crippen MR) is 129 cm³/mol. The zero-order chi connectivity index (χ0) is 24.0. The third kappa shape index (κ3) is 6.50. The normalized spacial score (nSPS) is 21.7. The first kappa shape index (κ1) is 25.1. The molecule has 2 N–H and O–H groups in total. The van der Waals surface area contributed by atoms with Crippen LogP contribution in [0.2, 0.25) is 0 Å². The Balaban J connectivity index is 1.61. The van der Waals surface area contributed by atoms with Crippen molar-refractivity contribution in [3.63, 3.8) is 0 Å². The van der Waals surface area contributed by atoms with Crippen LogP contribution in [0.25, 0.3) is 11.2 Å². The van der Waals surface area contributed by atoms with Crippen LogP contribution in [0.1, 0.15) is 66.0 Å². The van der Waals surface area contributed by atoms with Crippen LogP contribution in [0.3, 0.4) is 0 Å². The summed E-state index contributed by atoms with van der Waals surface area (Å²) in [6, 6.07) is 0. The maximum Gasteiger partial charge on any atom is 0.281 e. The lowest BCUT2D eigenvalue weighted by Crippen LogP contribution is -2.24. The van der Waals surface area contributed by atoms with Crippen molar-refractivity contribution in [2.75, 3.05) is 6.61 Å². The van der Waals surface area contributed by atoms with Gasteiger partial charge >= 0.3 is 0 Å². The van der Waals surface area contributed by atoms with Gasteiger partial charge in [0.05, 0.1) is 19.0 Å². The average molecular weight is 457 g/mol. The lowest BCUT2D eigenvalue weighted by atomic mass is 10.1. The molecular weight excluding hydrogens is 420 g/mol. The van der Waals surface area contributed by atoms with Gasteiger partial charge in [-0.1, -0.05) is 34.9 Å². The number of nitrogens with zero attached hydrogens (tertiary/aromatic N) is 4. The molecule has 1 aliphatic rings. The topological polar surface area (TPSA) is 102 Å². The van der Waals surface area contributed by atoms with Gasteiger partial charge in [-0.2, -0.15) is 0 Å². The molecule has 33 heavy (non-hydrogen) atoms. The minimum absolute atomic E-state index is 0.213. The van der Waals surface area contributed by atoms with E-state index < -0.39 is 18.4 Å². The zero-order valence-corrected chi connectivity index (χ0v) is 20.1. The zero-order valence-electron chi connectivity index (χ0n) is 20.1. The molecule has 3 heterocycles. The minimum atomic E-state index is -0.762. The molecule has 1 aliphatic heterocycles. The van der Waals surface area contributed by atoms with E-state index in [1.807, 2.05) is 0 Å². The molecule has 0 spiro atoms. The first-order chi connectivity index (χ1) is 15.8. The number of aliphatic hydroxyl groups excluding tert-OH is 2. The fraction of sp³-hybridized carbons (Fsp3) is 0.560. The summed E-state index contributed by atoms with van der Waals surface area (Å²) in [5, 5.41) is 19.3. The van der Waals surface area contributed by atoms with Gasteiger partial charge in [0.2, 0.25) is 0 Å². The summed E-state index contributed by atoms with van der Waals surface area (Å²) in [6.07, 6.45) is 12.2. The number of hydrogen-bond donors (Lipinski definition) is 2. The molecule has 0 amide bonds. The summed E-state index contributed by atoms with van der Waals surface area (Å²) < 4.78 is 8.86. The van der Waals surface area contributed by atoms with Crippen LogP contribution in [-0.2, 0) is 11.3 Å². The van der Waals surface area contributed by atoms with Crippen molar-refractivity contribution in [1.29, 1.82) is 0 Å². The maximum atomic E-state index is 12.9. The van der Waals surface area contributed by atoms with Crippen LogP contribution in [0.5, 0.6) is 0 Å². The highest BCUT2D eigenvalue weighted by molar-refractivity contribution is 5.69. The number of aromatic nitrogens is 4. The number of rotatable bonds is 10. The molecule has 0 bridgehead atoms. The largest absolute Gasteiger partial charge is 0.394 e. The first-order valence-electron chi connectivity index (χ1n) is 11.6. The molecular formula is C25H36N4O4. The highest BCUT2D eigenvalue weighted by Crippen LogP contribution is 2.30. The third-order valence-electron chi connectivity index (χ3n) is 6.00. The SMILES string of the molecule is CC(C)=CCCC(C)=CCCC(C)=CCn1cnc2c(ncn2[C@H]2C[C@H](O)[C@@H](CO)O2)c1=O. The molecule has 2 aromatic heterocycles. The van der Waals surface area contributed by atoms with Crippen molar-refractivity contribution in [2.45, 2.75) is 84.8 Å².